The number of fused-ring (bicyclic) bond motifs is 1. The minimum absolute atomic E-state index is 0.420. The van der Waals surface area contributed by atoms with Gasteiger partial charge in [-0.1, -0.05) is 0 Å². The van der Waals surface area contributed by atoms with Crippen LogP contribution in [-0.4, -0.2) is 74.7 Å². The quantitative estimate of drug-likeness (QED) is 0.450. The molecule has 1 fully saturated rings. The van der Waals surface area contributed by atoms with Crippen molar-refractivity contribution in [3.63, 3.8) is 0 Å². The Morgan fingerprint density at radius 3 is 2.44 bits per heavy atom. The molecule has 1 aliphatic rings. The van der Waals surface area contributed by atoms with E-state index in [1.165, 1.54) is 4.90 Å². The molecule has 3 aromatic rings. The number of aryl methyl sites for hydroxylation is 2. The van der Waals surface area contributed by atoms with Gasteiger partial charge in [-0.25, -0.2) is 4.79 Å². The Balaban J connectivity index is 1.56. The lowest BCUT2D eigenvalue weighted by Crippen LogP contribution is -2.39. The van der Waals surface area contributed by atoms with Crippen LogP contribution in [-0.2, 0) is 4.74 Å². The van der Waals surface area contributed by atoms with Crippen molar-refractivity contribution in [1.29, 1.82) is 0 Å². The lowest BCUT2D eigenvalue weighted by Gasteiger charge is -2.28. The maximum atomic E-state index is 12.1. The number of nitrogens with zero attached hydrogens (tertiary/aromatic N) is 3. The summed E-state index contributed by atoms with van der Waals surface area (Å²) in [6.07, 6.45) is 1.47. The molecule has 0 saturated carbocycles. The van der Waals surface area contributed by atoms with Gasteiger partial charge in [0.25, 0.3) is 0 Å². The number of methoxy groups -OCH3 is 2. The van der Waals surface area contributed by atoms with Crippen LogP contribution in [0.1, 0.15) is 17.5 Å². The number of hydrogen-bond donors (Lipinski definition) is 1. The molecule has 0 spiro atoms. The number of hydrogen-bond acceptors (Lipinski definition) is 7. The molecule has 1 N–H and O–H groups in total. The summed E-state index contributed by atoms with van der Waals surface area (Å²) in [5.41, 5.74) is 3.04. The van der Waals surface area contributed by atoms with Gasteiger partial charge in [0.2, 0.25) is 0 Å². The molecule has 0 radical (unpaired) electrons. The predicted octanol–water partition coefficient (Wildman–Crippen LogP) is 4.87. The van der Waals surface area contributed by atoms with Crippen molar-refractivity contribution >= 4 is 22.7 Å². The largest absolute Gasteiger partial charge is 0.493 e. The van der Waals surface area contributed by atoms with Crippen molar-refractivity contribution in [1.82, 2.24) is 9.88 Å². The second-order valence-electron chi connectivity index (χ2n) is 8.78. The first kappa shape index (κ1) is 25.5. The molecule has 2 heterocycles. The van der Waals surface area contributed by atoms with E-state index in [9.17, 15) is 9.90 Å². The van der Waals surface area contributed by atoms with E-state index in [-0.39, 0.29) is 0 Å². The fourth-order valence-corrected chi connectivity index (χ4v) is 4.43. The topological polar surface area (TPSA) is 93.6 Å². The Labute approximate surface area is 211 Å². The zero-order valence-electron chi connectivity index (χ0n) is 21.2. The number of ether oxygens (including phenoxy) is 4. The third-order valence-corrected chi connectivity index (χ3v) is 6.40. The first-order valence-corrected chi connectivity index (χ1v) is 12.0. The van der Waals surface area contributed by atoms with Crippen molar-refractivity contribution in [2.75, 3.05) is 58.5 Å². The van der Waals surface area contributed by atoms with Gasteiger partial charge in [-0.3, -0.25) is 14.8 Å². The van der Waals surface area contributed by atoms with Crippen LogP contribution in [0, 0.1) is 13.8 Å². The van der Waals surface area contributed by atoms with Gasteiger partial charge in [0.15, 0.2) is 11.5 Å². The molecule has 1 aromatic heterocycles. The van der Waals surface area contributed by atoms with Crippen LogP contribution in [0.15, 0.2) is 36.5 Å². The number of aromatic nitrogens is 1. The Morgan fingerprint density at radius 1 is 1.03 bits per heavy atom. The molecule has 1 amide bonds. The summed E-state index contributed by atoms with van der Waals surface area (Å²) in [5.74, 6) is 2.45. The van der Waals surface area contributed by atoms with Crippen LogP contribution in [0.4, 0.5) is 10.5 Å². The number of anilines is 1. The van der Waals surface area contributed by atoms with Crippen molar-refractivity contribution in [3.8, 4) is 23.0 Å². The maximum Gasteiger partial charge on any atom is 0.411 e. The van der Waals surface area contributed by atoms with Gasteiger partial charge in [0.1, 0.15) is 11.5 Å². The third-order valence-electron chi connectivity index (χ3n) is 6.40. The highest BCUT2D eigenvalue weighted by atomic mass is 16.5. The summed E-state index contributed by atoms with van der Waals surface area (Å²) in [4.78, 5) is 20.3. The highest BCUT2D eigenvalue weighted by Gasteiger charge is 2.20. The Bertz CT molecular complexity index is 1230. The first-order chi connectivity index (χ1) is 17.4. The fourth-order valence-electron chi connectivity index (χ4n) is 4.43. The molecule has 0 bridgehead atoms. The van der Waals surface area contributed by atoms with Gasteiger partial charge < -0.3 is 24.1 Å². The van der Waals surface area contributed by atoms with E-state index in [2.05, 4.69) is 9.88 Å². The molecule has 2 aromatic carbocycles. The van der Waals surface area contributed by atoms with E-state index in [4.69, 9.17) is 18.9 Å². The summed E-state index contributed by atoms with van der Waals surface area (Å²) >= 11 is 0. The maximum absolute atomic E-state index is 12.1. The Morgan fingerprint density at radius 2 is 1.75 bits per heavy atom. The molecule has 36 heavy (non-hydrogen) atoms. The highest BCUT2D eigenvalue weighted by molar-refractivity contribution is 5.89. The zero-order valence-corrected chi connectivity index (χ0v) is 21.2. The summed E-state index contributed by atoms with van der Waals surface area (Å²) in [6, 6.07) is 9.21. The predicted molar refractivity (Wildman–Crippen MR) is 138 cm³/mol. The van der Waals surface area contributed by atoms with Crippen molar-refractivity contribution in [2.24, 2.45) is 0 Å². The van der Waals surface area contributed by atoms with Crippen molar-refractivity contribution in [3.05, 3.63) is 47.7 Å². The van der Waals surface area contributed by atoms with Crippen LogP contribution in [0.5, 0.6) is 23.0 Å². The minimum Gasteiger partial charge on any atom is -0.493 e. The molecular weight excluding hydrogens is 462 g/mol. The van der Waals surface area contributed by atoms with Gasteiger partial charge in [0, 0.05) is 43.8 Å². The normalized spacial score (nSPS) is 14.0. The lowest BCUT2D eigenvalue weighted by molar-refractivity contribution is 0.0376. The second kappa shape index (κ2) is 11.5. The van der Waals surface area contributed by atoms with E-state index in [1.54, 1.807) is 26.5 Å². The molecule has 1 saturated heterocycles. The van der Waals surface area contributed by atoms with Gasteiger partial charge in [-0.05, 0) is 55.7 Å². The molecule has 9 nitrogen and oxygen atoms in total. The van der Waals surface area contributed by atoms with Gasteiger partial charge >= 0.3 is 6.09 Å². The molecule has 192 valence electrons. The number of morpholine rings is 1. The third kappa shape index (κ3) is 5.63. The second-order valence-corrected chi connectivity index (χ2v) is 8.78. The summed E-state index contributed by atoms with van der Waals surface area (Å²) < 4.78 is 22.5. The zero-order chi connectivity index (χ0) is 25.7. The van der Waals surface area contributed by atoms with Crippen LogP contribution in [0.2, 0.25) is 0 Å². The SMILES string of the molecule is COc1cc2nccc(Oc3cc(C)c(N(CCCN4CCOCC4)C(=O)O)cc3C)c2cc1OC. The van der Waals surface area contributed by atoms with Gasteiger partial charge in [-0.2, -0.15) is 0 Å². The average Bonchev–Trinajstić information content (AvgIpc) is 2.88. The standard InChI is InChI=1S/C27H33N3O6/c1-18-15-24(36-23-6-7-28-21-17-26(34-4)25(33-3)16-20(21)23)19(2)14-22(18)30(27(31)32)9-5-8-29-10-12-35-13-11-29/h6-7,14-17H,5,8-13H2,1-4H3,(H,31,32). The number of carboxylic acid groups (broad SMARTS) is 1. The Kier molecular flexibility index (Phi) is 8.12. The molecule has 0 aliphatic carbocycles. The summed E-state index contributed by atoms with van der Waals surface area (Å²) in [6.45, 7) is 8.32. The smallest absolute Gasteiger partial charge is 0.411 e. The molecular formula is C27H33N3O6. The number of benzene rings is 2. The van der Waals surface area contributed by atoms with Gasteiger partial charge in [-0.15, -0.1) is 0 Å². The van der Waals surface area contributed by atoms with E-state index in [0.29, 0.717) is 40.7 Å². The highest BCUT2D eigenvalue weighted by Crippen LogP contribution is 2.38. The fraction of sp³-hybridized carbons (Fsp3) is 0.407. The van der Waals surface area contributed by atoms with E-state index >= 15 is 0 Å². The number of amides is 1. The number of pyridine rings is 1. The number of carbonyl (C=O) groups is 1. The van der Waals surface area contributed by atoms with Crippen LogP contribution in [0.3, 0.4) is 0 Å². The van der Waals surface area contributed by atoms with Crippen LogP contribution >= 0.6 is 0 Å². The minimum atomic E-state index is -0.964. The van der Waals surface area contributed by atoms with Crippen LogP contribution < -0.4 is 19.1 Å². The molecule has 0 unspecified atom stereocenters. The molecule has 1 aliphatic heterocycles. The van der Waals surface area contributed by atoms with E-state index in [1.807, 2.05) is 38.1 Å². The lowest BCUT2D eigenvalue weighted by atomic mass is 10.1. The molecule has 0 atom stereocenters. The Hall–Kier alpha value is -3.56. The monoisotopic (exact) mass is 495 g/mol. The molecule has 9 heteroatoms. The van der Waals surface area contributed by atoms with Crippen molar-refractivity contribution < 1.29 is 28.8 Å². The van der Waals surface area contributed by atoms with E-state index in [0.717, 1.165) is 55.8 Å². The average molecular weight is 496 g/mol. The first-order valence-electron chi connectivity index (χ1n) is 12.0. The summed E-state index contributed by atoms with van der Waals surface area (Å²) in [7, 11) is 3.17. The van der Waals surface area contributed by atoms with Crippen molar-refractivity contribution in [2.45, 2.75) is 20.3 Å². The molecule has 4 rings (SSSR count). The van der Waals surface area contributed by atoms with E-state index < -0.39 is 6.09 Å². The number of rotatable bonds is 9. The van der Waals surface area contributed by atoms with Crippen LogP contribution in [0.25, 0.3) is 10.9 Å². The van der Waals surface area contributed by atoms with Gasteiger partial charge in [0.05, 0.1) is 38.6 Å². The summed E-state index contributed by atoms with van der Waals surface area (Å²) in [5, 5.41) is 10.7.